The van der Waals surface area contributed by atoms with E-state index < -0.39 is 6.10 Å². The van der Waals surface area contributed by atoms with E-state index in [0.29, 0.717) is 19.8 Å². The quantitative estimate of drug-likeness (QED) is 0.603. The first-order valence-electron chi connectivity index (χ1n) is 7.41. The summed E-state index contributed by atoms with van der Waals surface area (Å²) in [4.78, 5) is 2.31. The summed E-state index contributed by atoms with van der Waals surface area (Å²) >= 11 is 0. The molecule has 0 saturated heterocycles. The van der Waals surface area contributed by atoms with Gasteiger partial charge in [0.25, 0.3) is 0 Å². The summed E-state index contributed by atoms with van der Waals surface area (Å²) in [7, 11) is 2.14. The Bertz CT molecular complexity index is 333. The van der Waals surface area contributed by atoms with Crippen LogP contribution in [0.3, 0.4) is 0 Å². The van der Waals surface area contributed by atoms with Gasteiger partial charge in [-0.2, -0.15) is 0 Å². The molecule has 0 amide bonds. The molecule has 0 fully saturated rings. The summed E-state index contributed by atoms with van der Waals surface area (Å²) in [6.07, 6.45) is 0.669. The van der Waals surface area contributed by atoms with Gasteiger partial charge in [-0.3, -0.25) is 0 Å². The molecule has 1 aromatic carbocycles. The third-order valence-electron chi connectivity index (χ3n) is 3.08. The first kappa shape index (κ1) is 17.1. The lowest BCUT2D eigenvalue weighted by Gasteiger charge is -2.17. The molecule has 20 heavy (non-hydrogen) atoms. The fourth-order valence-electron chi connectivity index (χ4n) is 2.03. The molecule has 0 radical (unpaired) electrons. The van der Waals surface area contributed by atoms with Gasteiger partial charge in [0.2, 0.25) is 0 Å². The minimum absolute atomic E-state index is 0.406. The third-order valence-corrected chi connectivity index (χ3v) is 3.08. The topological polar surface area (TPSA) is 44.7 Å². The number of benzene rings is 1. The van der Waals surface area contributed by atoms with E-state index in [0.717, 1.165) is 26.1 Å². The van der Waals surface area contributed by atoms with Gasteiger partial charge >= 0.3 is 0 Å². The highest BCUT2D eigenvalue weighted by molar-refractivity contribution is 5.14. The van der Waals surface area contributed by atoms with E-state index in [1.807, 2.05) is 13.0 Å². The van der Waals surface area contributed by atoms with Crippen LogP contribution in [-0.2, 0) is 11.3 Å². The molecule has 0 aliphatic rings. The van der Waals surface area contributed by atoms with Crippen LogP contribution in [0.25, 0.3) is 0 Å². The lowest BCUT2D eigenvalue weighted by Crippen LogP contribution is -2.32. The summed E-state index contributed by atoms with van der Waals surface area (Å²) in [5.74, 6) is 0. The number of hydrogen-bond donors (Lipinski definition) is 2. The van der Waals surface area contributed by atoms with Crippen molar-refractivity contribution in [1.82, 2.24) is 10.2 Å². The molecular weight excluding hydrogens is 252 g/mol. The fourth-order valence-corrected chi connectivity index (χ4v) is 2.03. The molecule has 1 atom stereocenters. The summed E-state index contributed by atoms with van der Waals surface area (Å²) in [5, 5.41) is 12.8. The van der Waals surface area contributed by atoms with Crippen LogP contribution in [0.2, 0.25) is 0 Å². The van der Waals surface area contributed by atoms with Crippen molar-refractivity contribution < 1.29 is 9.84 Å². The SMILES string of the molecule is CCOCC(O)CNCCCN(C)Cc1ccccc1. The average molecular weight is 280 g/mol. The van der Waals surface area contributed by atoms with Crippen LogP contribution in [-0.4, -0.2) is 56.0 Å². The van der Waals surface area contributed by atoms with Gasteiger partial charge in [0.15, 0.2) is 0 Å². The second-order valence-electron chi connectivity index (χ2n) is 5.09. The van der Waals surface area contributed by atoms with Crippen LogP contribution in [0.5, 0.6) is 0 Å². The maximum Gasteiger partial charge on any atom is 0.0897 e. The Kier molecular flexibility index (Phi) is 9.24. The van der Waals surface area contributed by atoms with Crippen molar-refractivity contribution in [3.63, 3.8) is 0 Å². The first-order chi connectivity index (χ1) is 9.72. The normalized spacial score (nSPS) is 12.8. The molecule has 0 aromatic heterocycles. The molecule has 1 aromatic rings. The monoisotopic (exact) mass is 280 g/mol. The number of nitrogens with one attached hydrogen (secondary N) is 1. The van der Waals surface area contributed by atoms with Gasteiger partial charge in [-0.25, -0.2) is 0 Å². The van der Waals surface area contributed by atoms with E-state index in [1.165, 1.54) is 5.56 Å². The maximum atomic E-state index is 9.59. The Morgan fingerprint density at radius 3 is 2.75 bits per heavy atom. The van der Waals surface area contributed by atoms with Gasteiger partial charge in [0.05, 0.1) is 12.7 Å². The predicted octanol–water partition coefficient (Wildman–Crippen LogP) is 1.50. The van der Waals surface area contributed by atoms with E-state index in [9.17, 15) is 5.11 Å². The van der Waals surface area contributed by atoms with Crippen molar-refractivity contribution in [2.45, 2.75) is 26.0 Å². The van der Waals surface area contributed by atoms with Crippen LogP contribution in [0.4, 0.5) is 0 Å². The van der Waals surface area contributed by atoms with E-state index in [1.54, 1.807) is 0 Å². The summed E-state index contributed by atoms with van der Waals surface area (Å²) in [6.45, 7) is 6.55. The van der Waals surface area contributed by atoms with Crippen LogP contribution in [0, 0.1) is 0 Å². The largest absolute Gasteiger partial charge is 0.389 e. The Hall–Kier alpha value is -0.940. The Balaban J connectivity index is 2.01. The van der Waals surface area contributed by atoms with Crippen molar-refractivity contribution >= 4 is 0 Å². The minimum Gasteiger partial charge on any atom is -0.389 e. The van der Waals surface area contributed by atoms with Gasteiger partial charge in [-0.1, -0.05) is 30.3 Å². The first-order valence-corrected chi connectivity index (χ1v) is 7.41. The molecule has 0 spiro atoms. The van der Waals surface area contributed by atoms with Crippen molar-refractivity contribution in [2.24, 2.45) is 0 Å². The molecule has 4 heteroatoms. The minimum atomic E-state index is -0.406. The second-order valence-corrected chi connectivity index (χ2v) is 5.09. The zero-order valence-electron chi connectivity index (χ0n) is 12.7. The molecule has 0 aliphatic heterocycles. The predicted molar refractivity (Wildman–Crippen MR) is 82.8 cm³/mol. The Morgan fingerprint density at radius 2 is 2.05 bits per heavy atom. The van der Waals surface area contributed by atoms with Crippen molar-refractivity contribution in [1.29, 1.82) is 0 Å². The fraction of sp³-hybridized carbons (Fsp3) is 0.625. The van der Waals surface area contributed by atoms with E-state index >= 15 is 0 Å². The molecule has 4 nitrogen and oxygen atoms in total. The number of ether oxygens (including phenoxy) is 1. The summed E-state index contributed by atoms with van der Waals surface area (Å²) < 4.78 is 5.16. The van der Waals surface area contributed by atoms with E-state index in [4.69, 9.17) is 4.74 Å². The Morgan fingerprint density at radius 1 is 1.30 bits per heavy atom. The van der Waals surface area contributed by atoms with E-state index in [2.05, 4.69) is 41.5 Å². The maximum absolute atomic E-state index is 9.59. The van der Waals surface area contributed by atoms with Gasteiger partial charge in [-0.15, -0.1) is 0 Å². The molecule has 0 saturated carbocycles. The number of aliphatic hydroxyl groups is 1. The highest BCUT2D eigenvalue weighted by atomic mass is 16.5. The van der Waals surface area contributed by atoms with Crippen molar-refractivity contribution in [2.75, 3.05) is 39.9 Å². The molecule has 0 aliphatic carbocycles. The van der Waals surface area contributed by atoms with Gasteiger partial charge < -0.3 is 20.1 Å². The highest BCUT2D eigenvalue weighted by Gasteiger charge is 2.03. The molecule has 1 unspecified atom stereocenters. The van der Waals surface area contributed by atoms with Crippen LogP contribution >= 0.6 is 0 Å². The molecule has 0 bridgehead atoms. The van der Waals surface area contributed by atoms with Gasteiger partial charge in [0.1, 0.15) is 0 Å². The van der Waals surface area contributed by atoms with Crippen molar-refractivity contribution in [3.8, 4) is 0 Å². The molecule has 1 rings (SSSR count). The van der Waals surface area contributed by atoms with Crippen molar-refractivity contribution in [3.05, 3.63) is 35.9 Å². The third kappa shape index (κ3) is 8.27. The molecule has 0 heterocycles. The zero-order valence-corrected chi connectivity index (χ0v) is 12.7. The van der Waals surface area contributed by atoms with Gasteiger partial charge in [-0.05, 0) is 39.0 Å². The van der Waals surface area contributed by atoms with Crippen LogP contribution < -0.4 is 5.32 Å². The number of nitrogens with zero attached hydrogens (tertiary/aromatic N) is 1. The average Bonchev–Trinajstić information content (AvgIpc) is 2.45. The highest BCUT2D eigenvalue weighted by Crippen LogP contribution is 2.02. The molecule has 114 valence electrons. The molecule has 2 N–H and O–H groups in total. The summed E-state index contributed by atoms with van der Waals surface area (Å²) in [6, 6.07) is 10.5. The smallest absolute Gasteiger partial charge is 0.0897 e. The standard InChI is InChI=1S/C16H28N2O2/c1-3-20-14-16(19)12-17-10-7-11-18(2)13-15-8-5-4-6-9-15/h4-6,8-9,16-17,19H,3,7,10-14H2,1-2H3. The number of aliphatic hydroxyl groups excluding tert-OH is 1. The summed E-state index contributed by atoms with van der Waals surface area (Å²) in [5.41, 5.74) is 1.34. The second kappa shape index (κ2) is 10.8. The van der Waals surface area contributed by atoms with Crippen LogP contribution in [0.1, 0.15) is 18.9 Å². The Labute approximate surface area is 122 Å². The lowest BCUT2D eigenvalue weighted by atomic mass is 10.2. The number of rotatable bonds is 11. The zero-order chi connectivity index (χ0) is 14.6. The molecular formula is C16H28N2O2. The lowest BCUT2D eigenvalue weighted by molar-refractivity contribution is 0.0428. The van der Waals surface area contributed by atoms with E-state index in [-0.39, 0.29) is 0 Å². The number of hydrogen-bond acceptors (Lipinski definition) is 4. The van der Waals surface area contributed by atoms with Crippen LogP contribution in [0.15, 0.2) is 30.3 Å². The van der Waals surface area contributed by atoms with Gasteiger partial charge in [0, 0.05) is 19.7 Å².